The van der Waals surface area contributed by atoms with E-state index in [9.17, 15) is 21.6 Å². The Bertz CT molecular complexity index is 602. The smallest absolute Gasteiger partial charge is 0.316 e. The highest BCUT2D eigenvalue weighted by atomic mass is 32.2. The van der Waals surface area contributed by atoms with E-state index in [1.54, 1.807) is 7.05 Å². The maximum Gasteiger partial charge on any atom is 0.416 e. The molecule has 1 saturated heterocycles. The van der Waals surface area contributed by atoms with Crippen LogP contribution in [0.3, 0.4) is 0 Å². The number of benzene rings is 1. The predicted molar refractivity (Wildman–Crippen MR) is 73.1 cm³/mol. The zero-order valence-corrected chi connectivity index (χ0v) is 12.3. The second-order valence-corrected chi connectivity index (χ2v) is 7.01. The molecule has 0 aromatic heterocycles. The average molecular weight is 322 g/mol. The summed E-state index contributed by atoms with van der Waals surface area (Å²) in [7, 11) is -2.01. The van der Waals surface area contributed by atoms with Crippen molar-refractivity contribution in [2.45, 2.75) is 24.4 Å². The van der Waals surface area contributed by atoms with E-state index in [1.165, 1.54) is 22.5 Å². The zero-order valence-electron chi connectivity index (χ0n) is 11.5. The number of sulfonamides is 1. The lowest BCUT2D eigenvalue weighted by atomic mass is 10.1. The monoisotopic (exact) mass is 322 g/mol. The first kappa shape index (κ1) is 16.3. The molecule has 0 aliphatic carbocycles. The van der Waals surface area contributed by atoms with Crippen molar-refractivity contribution in [3.05, 3.63) is 35.4 Å². The third-order valence-corrected chi connectivity index (χ3v) is 5.41. The molecule has 1 N–H and O–H groups in total. The lowest BCUT2D eigenvalue weighted by Crippen LogP contribution is -2.34. The molecule has 1 heterocycles. The number of alkyl halides is 3. The molecule has 1 atom stereocenters. The highest BCUT2D eigenvalue weighted by Crippen LogP contribution is 2.33. The summed E-state index contributed by atoms with van der Waals surface area (Å²) in [5.74, 6) is -0.626. The highest BCUT2D eigenvalue weighted by Gasteiger charge is 2.36. The fraction of sp³-hybridized carbons (Fsp3) is 0.538. The van der Waals surface area contributed by atoms with Crippen LogP contribution < -0.4 is 5.32 Å². The number of likely N-dealkylation sites (N-methyl/N-ethyl adjacent to an activating group) is 1. The minimum atomic E-state index is -4.55. The van der Waals surface area contributed by atoms with Gasteiger partial charge in [0.15, 0.2) is 0 Å². The highest BCUT2D eigenvalue weighted by molar-refractivity contribution is 7.88. The molecule has 0 spiro atoms. The molecule has 1 fully saturated rings. The normalized spacial score (nSPS) is 20.9. The number of nitrogens with zero attached hydrogens (tertiary/aromatic N) is 1. The summed E-state index contributed by atoms with van der Waals surface area (Å²) in [4.78, 5) is 0. The van der Waals surface area contributed by atoms with E-state index in [2.05, 4.69) is 5.32 Å². The van der Waals surface area contributed by atoms with Crippen LogP contribution in [0, 0.1) is 0 Å². The Morgan fingerprint density at radius 3 is 2.57 bits per heavy atom. The fourth-order valence-corrected chi connectivity index (χ4v) is 4.04. The maximum atomic E-state index is 12.9. The van der Waals surface area contributed by atoms with Crippen molar-refractivity contribution in [1.29, 1.82) is 0 Å². The summed E-state index contributed by atoms with van der Waals surface area (Å²) < 4.78 is 64.5. The number of hydrogen-bond donors (Lipinski definition) is 1. The molecule has 0 saturated carbocycles. The van der Waals surface area contributed by atoms with Crippen molar-refractivity contribution in [1.82, 2.24) is 9.62 Å². The van der Waals surface area contributed by atoms with Crippen LogP contribution in [0.1, 0.15) is 17.5 Å². The molecule has 1 aliphatic heterocycles. The van der Waals surface area contributed by atoms with E-state index >= 15 is 0 Å². The van der Waals surface area contributed by atoms with Gasteiger partial charge < -0.3 is 5.32 Å². The van der Waals surface area contributed by atoms with Gasteiger partial charge in [-0.1, -0.05) is 18.2 Å². The van der Waals surface area contributed by atoms with E-state index in [0.717, 1.165) is 6.07 Å². The standard InChI is InChI=1S/C13H17F3N2O2S/c1-17-11-6-7-18(8-11)21(19,20)9-10-4-2-3-5-12(10)13(14,15)16/h2-5,11,17H,6-9H2,1H3. The van der Waals surface area contributed by atoms with Crippen molar-refractivity contribution in [3.63, 3.8) is 0 Å². The molecule has 8 heteroatoms. The van der Waals surface area contributed by atoms with Gasteiger partial charge in [0.2, 0.25) is 10.0 Å². The first-order valence-corrected chi connectivity index (χ1v) is 8.15. The second-order valence-electron chi connectivity index (χ2n) is 5.04. The first-order valence-electron chi connectivity index (χ1n) is 6.54. The molecule has 1 aromatic rings. The molecule has 2 rings (SSSR count). The van der Waals surface area contributed by atoms with Gasteiger partial charge in [-0.15, -0.1) is 0 Å². The van der Waals surface area contributed by atoms with Gasteiger partial charge in [-0.25, -0.2) is 12.7 Å². The summed E-state index contributed by atoms with van der Waals surface area (Å²) in [6.45, 7) is 0.634. The number of nitrogens with one attached hydrogen (secondary N) is 1. The van der Waals surface area contributed by atoms with Crippen molar-refractivity contribution >= 4 is 10.0 Å². The minimum absolute atomic E-state index is 0.0534. The number of rotatable bonds is 4. The van der Waals surface area contributed by atoms with Crippen molar-refractivity contribution in [3.8, 4) is 0 Å². The van der Waals surface area contributed by atoms with Crippen LogP contribution in [0.2, 0.25) is 0 Å². The topological polar surface area (TPSA) is 49.4 Å². The summed E-state index contributed by atoms with van der Waals surface area (Å²) in [6.07, 6.45) is -3.89. The van der Waals surface area contributed by atoms with Crippen molar-refractivity contribution in [2.75, 3.05) is 20.1 Å². The first-order chi connectivity index (χ1) is 9.74. The number of halogens is 3. The summed E-state index contributed by atoms with van der Waals surface area (Å²) in [5.41, 5.74) is -1.10. The molecule has 21 heavy (non-hydrogen) atoms. The Morgan fingerprint density at radius 1 is 1.33 bits per heavy atom. The fourth-order valence-electron chi connectivity index (χ4n) is 2.43. The third kappa shape index (κ3) is 3.75. The van der Waals surface area contributed by atoms with Gasteiger partial charge in [-0.05, 0) is 25.1 Å². The Labute approximate surface area is 122 Å². The lowest BCUT2D eigenvalue weighted by molar-refractivity contribution is -0.138. The number of hydrogen-bond acceptors (Lipinski definition) is 3. The zero-order chi connectivity index (χ0) is 15.7. The van der Waals surface area contributed by atoms with Gasteiger partial charge in [0, 0.05) is 19.1 Å². The minimum Gasteiger partial charge on any atom is -0.316 e. The molecule has 0 amide bonds. The van der Waals surface area contributed by atoms with E-state index in [-0.39, 0.29) is 11.6 Å². The van der Waals surface area contributed by atoms with Crippen molar-refractivity contribution in [2.24, 2.45) is 0 Å². The largest absolute Gasteiger partial charge is 0.416 e. The predicted octanol–water partition coefficient (Wildman–Crippen LogP) is 1.83. The maximum absolute atomic E-state index is 12.9. The van der Waals surface area contributed by atoms with Gasteiger partial charge in [-0.3, -0.25) is 0 Å². The average Bonchev–Trinajstić information content (AvgIpc) is 2.87. The molecule has 1 aliphatic rings. The van der Waals surface area contributed by atoms with Gasteiger partial charge in [0.1, 0.15) is 0 Å². The summed E-state index contributed by atoms with van der Waals surface area (Å²) in [6, 6.07) is 4.85. The van der Waals surface area contributed by atoms with Crippen LogP contribution in [0.5, 0.6) is 0 Å². The molecule has 4 nitrogen and oxygen atoms in total. The molecule has 1 unspecified atom stereocenters. The van der Waals surface area contributed by atoms with Crippen LogP contribution >= 0.6 is 0 Å². The second kappa shape index (κ2) is 5.94. The van der Waals surface area contributed by atoms with Crippen LogP contribution in [0.25, 0.3) is 0 Å². The third-order valence-electron chi connectivity index (χ3n) is 3.61. The van der Waals surface area contributed by atoms with Crippen LogP contribution in [0.15, 0.2) is 24.3 Å². The lowest BCUT2D eigenvalue weighted by Gasteiger charge is -2.18. The van der Waals surface area contributed by atoms with E-state index in [4.69, 9.17) is 0 Å². The molecular weight excluding hydrogens is 305 g/mol. The van der Waals surface area contributed by atoms with Gasteiger partial charge in [0.05, 0.1) is 11.3 Å². The Balaban J connectivity index is 2.22. The Morgan fingerprint density at radius 2 is 2.00 bits per heavy atom. The Kier molecular flexibility index (Phi) is 4.60. The molecule has 0 radical (unpaired) electrons. The van der Waals surface area contributed by atoms with Crippen LogP contribution in [-0.4, -0.2) is 38.9 Å². The van der Waals surface area contributed by atoms with Gasteiger partial charge in [0.25, 0.3) is 0 Å². The van der Waals surface area contributed by atoms with Gasteiger partial charge >= 0.3 is 6.18 Å². The van der Waals surface area contributed by atoms with E-state index in [0.29, 0.717) is 19.5 Å². The molecule has 118 valence electrons. The summed E-state index contributed by atoms with van der Waals surface area (Å²) in [5, 5.41) is 2.98. The van der Waals surface area contributed by atoms with E-state index in [1.807, 2.05) is 0 Å². The Hall–Kier alpha value is -1.12. The SMILES string of the molecule is CNC1CCN(S(=O)(=O)Cc2ccccc2C(F)(F)F)C1. The van der Waals surface area contributed by atoms with Crippen LogP contribution in [0.4, 0.5) is 13.2 Å². The molecule has 0 bridgehead atoms. The van der Waals surface area contributed by atoms with E-state index < -0.39 is 27.5 Å². The van der Waals surface area contributed by atoms with Gasteiger partial charge in [-0.2, -0.15) is 13.2 Å². The van der Waals surface area contributed by atoms with Crippen molar-refractivity contribution < 1.29 is 21.6 Å². The van der Waals surface area contributed by atoms with Crippen LogP contribution in [-0.2, 0) is 22.0 Å². The quantitative estimate of drug-likeness (QED) is 0.920. The molecule has 1 aromatic carbocycles. The summed E-state index contributed by atoms with van der Waals surface area (Å²) >= 11 is 0. The molecular formula is C13H17F3N2O2S.